The van der Waals surface area contributed by atoms with E-state index in [4.69, 9.17) is 0 Å². The molecule has 0 aliphatic carbocycles. The van der Waals surface area contributed by atoms with E-state index in [2.05, 4.69) is 35.1 Å². The molecule has 1 aliphatic rings. The quantitative estimate of drug-likeness (QED) is 0.576. The van der Waals surface area contributed by atoms with E-state index in [1.54, 1.807) is 7.05 Å². The molecule has 1 fully saturated rings. The first-order valence-corrected chi connectivity index (χ1v) is 11.8. The Bertz CT molecular complexity index is 859. The maximum Gasteiger partial charge on any atom is 0.218 e. The predicted molar refractivity (Wildman–Crippen MR) is 114 cm³/mol. The Hall–Kier alpha value is -1.80. The summed E-state index contributed by atoms with van der Waals surface area (Å²) in [5.74, 6) is -0.455. The van der Waals surface area contributed by atoms with E-state index in [9.17, 15) is 12.8 Å². The summed E-state index contributed by atoms with van der Waals surface area (Å²) in [4.78, 5) is 0. The van der Waals surface area contributed by atoms with Crippen molar-refractivity contribution in [3.8, 4) is 0 Å². The molecule has 0 radical (unpaired) electrons. The number of hydrogen-bond donors (Lipinski definition) is 2. The van der Waals surface area contributed by atoms with Gasteiger partial charge in [0.2, 0.25) is 10.0 Å². The van der Waals surface area contributed by atoms with Crippen LogP contribution in [-0.4, -0.2) is 32.4 Å². The lowest BCUT2D eigenvalue weighted by Crippen LogP contribution is -2.31. The van der Waals surface area contributed by atoms with Crippen LogP contribution in [0.4, 0.5) is 4.39 Å². The van der Waals surface area contributed by atoms with Crippen LogP contribution in [0.5, 0.6) is 0 Å². The summed E-state index contributed by atoms with van der Waals surface area (Å²) in [5, 5.41) is 0. The highest BCUT2D eigenvalue weighted by Gasteiger charge is 2.24. The summed E-state index contributed by atoms with van der Waals surface area (Å²) in [6, 6.07) is 16.9. The molecule has 2 aromatic carbocycles. The summed E-state index contributed by atoms with van der Waals surface area (Å²) in [5.41, 5.74) is 8.65. The van der Waals surface area contributed by atoms with Gasteiger partial charge in [-0.2, -0.15) is 0 Å². The summed E-state index contributed by atoms with van der Waals surface area (Å²) >= 11 is 0. The molecule has 5 nitrogen and oxygen atoms in total. The molecule has 1 aliphatic heterocycles. The van der Waals surface area contributed by atoms with Gasteiger partial charge in [-0.15, -0.1) is 0 Å². The van der Waals surface area contributed by atoms with Crippen molar-refractivity contribution in [3.05, 3.63) is 71.5 Å². The van der Waals surface area contributed by atoms with Gasteiger partial charge in [-0.1, -0.05) is 55.3 Å². The Kier molecular flexibility index (Phi) is 7.77. The molecule has 1 saturated heterocycles. The standard InChI is InChI=1S/C22H30FN3O2S/c1-26(29(27,28)17-18-11-13-20(23)14-12-18)15-7-3-6-10-21-16-22(25-24-21)19-8-4-2-5-9-19/h2,4-5,8-9,11-14,21-22,24-25H,3,6-7,10,15-17H2,1H3. The Balaban J connectivity index is 1.33. The van der Waals surface area contributed by atoms with Gasteiger partial charge in [0, 0.05) is 25.7 Å². The number of halogens is 1. The molecule has 0 spiro atoms. The van der Waals surface area contributed by atoms with Crippen LogP contribution in [0.1, 0.15) is 49.3 Å². The first-order valence-electron chi connectivity index (χ1n) is 10.2. The first-order chi connectivity index (χ1) is 13.9. The minimum Gasteiger partial charge on any atom is -0.254 e. The Labute approximate surface area is 173 Å². The van der Waals surface area contributed by atoms with Crippen LogP contribution in [0.2, 0.25) is 0 Å². The number of hydrogen-bond acceptors (Lipinski definition) is 4. The van der Waals surface area contributed by atoms with Crippen LogP contribution in [-0.2, 0) is 15.8 Å². The minimum absolute atomic E-state index is 0.0949. The fraction of sp³-hybridized carbons (Fsp3) is 0.455. The number of rotatable bonds is 10. The van der Waals surface area contributed by atoms with Crippen molar-refractivity contribution in [1.29, 1.82) is 0 Å². The molecule has 1 heterocycles. The molecule has 0 aromatic heterocycles. The Morgan fingerprint density at radius 2 is 1.72 bits per heavy atom. The van der Waals surface area contributed by atoms with Crippen LogP contribution < -0.4 is 10.9 Å². The average Bonchev–Trinajstić information content (AvgIpc) is 3.19. The number of unbranched alkanes of at least 4 members (excludes halogenated alkanes) is 2. The fourth-order valence-corrected chi connectivity index (χ4v) is 4.90. The largest absolute Gasteiger partial charge is 0.254 e. The van der Waals surface area contributed by atoms with Crippen molar-refractivity contribution in [2.45, 2.75) is 49.9 Å². The SMILES string of the molecule is CN(CCCCCC1CC(c2ccccc2)NN1)S(=O)(=O)Cc1ccc(F)cc1. The highest BCUT2D eigenvalue weighted by molar-refractivity contribution is 7.88. The van der Waals surface area contributed by atoms with Gasteiger partial charge in [-0.25, -0.2) is 17.1 Å². The van der Waals surface area contributed by atoms with Crippen LogP contribution >= 0.6 is 0 Å². The van der Waals surface area contributed by atoms with Crippen molar-refractivity contribution in [2.75, 3.05) is 13.6 Å². The highest BCUT2D eigenvalue weighted by atomic mass is 32.2. The Morgan fingerprint density at radius 3 is 2.45 bits per heavy atom. The van der Waals surface area contributed by atoms with Crippen LogP contribution in [0, 0.1) is 5.82 Å². The van der Waals surface area contributed by atoms with E-state index in [-0.39, 0.29) is 11.6 Å². The second kappa shape index (κ2) is 10.3. The van der Waals surface area contributed by atoms with Gasteiger partial charge in [0.05, 0.1) is 5.75 Å². The molecule has 2 atom stereocenters. The van der Waals surface area contributed by atoms with E-state index in [0.29, 0.717) is 24.2 Å². The lowest BCUT2D eigenvalue weighted by Gasteiger charge is -2.17. The lowest BCUT2D eigenvalue weighted by atomic mass is 9.99. The molecular formula is C22H30FN3O2S. The number of nitrogens with zero attached hydrogens (tertiary/aromatic N) is 1. The lowest BCUT2D eigenvalue weighted by molar-refractivity contribution is 0.437. The third kappa shape index (κ3) is 6.60. The molecule has 2 N–H and O–H groups in total. The molecule has 7 heteroatoms. The van der Waals surface area contributed by atoms with E-state index < -0.39 is 10.0 Å². The van der Waals surface area contributed by atoms with Gasteiger partial charge in [0.25, 0.3) is 0 Å². The third-order valence-corrected chi connectivity index (χ3v) is 7.28. The van der Waals surface area contributed by atoms with Crippen molar-refractivity contribution in [2.24, 2.45) is 0 Å². The molecular weight excluding hydrogens is 389 g/mol. The van der Waals surface area contributed by atoms with Crippen LogP contribution in [0.15, 0.2) is 54.6 Å². The molecule has 2 unspecified atom stereocenters. The summed E-state index contributed by atoms with van der Waals surface area (Å²) in [7, 11) is -1.76. The van der Waals surface area contributed by atoms with Gasteiger partial charge >= 0.3 is 0 Å². The van der Waals surface area contributed by atoms with Gasteiger partial charge in [0.1, 0.15) is 5.82 Å². The zero-order chi connectivity index (χ0) is 20.7. The molecule has 29 heavy (non-hydrogen) atoms. The van der Waals surface area contributed by atoms with Crippen molar-refractivity contribution in [1.82, 2.24) is 15.2 Å². The minimum atomic E-state index is -3.38. The van der Waals surface area contributed by atoms with Gasteiger partial charge < -0.3 is 0 Å². The molecule has 2 aromatic rings. The van der Waals surface area contributed by atoms with Gasteiger partial charge in [0.15, 0.2) is 0 Å². The predicted octanol–water partition coefficient (Wildman–Crippen LogP) is 3.76. The first kappa shape index (κ1) is 21.9. The second-order valence-corrected chi connectivity index (χ2v) is 9.81. The van der Waals surface area contributed by atoms with Crippen LogP contribution in [0.3, 0.4) is 0 Å². The number of benzene rings is 2. The normalized spacial score (nSPS) is 19.7. The highest BCUT2D eigenvalue weighted by Crippen LogP contribution is 2.24. The van der Waals surface area contributed by atoms with Gasteiger partial charge in [-0.05, 0) is 42.5 Å². The number of hydrazine groups is 1. The van der Waals surface area contributed by atoms with E-state index in [0.717, 1.165) is 32.1 Å². The summed E-state index contributed by atoms with van der Waals surface area (Å²) < 4.78 is 39.3. The topological polar surface area (TPSA) is 61.4 Å². The van der Waals surface area contributed by atoms with E-state index in [1.807, 2.05) is 6.07 Å². The van der Waals surface area contributed by atoms with Crippen LogP contribution in [0.25, 0.3) is 0 Å². The van der Waals surface area contributed by atoms with Gasteiger partial charge in [-0.3, -0.25) is 10.9 Å². The monoisotopic (exact) mass is 419 g/mol. The smallest absolute Gasteiger partial charge is 0.218 e. The average molecular weight is 420 g/mol. The molecule has 158 valence electrons. The van der Waals surface area contributed by atoms with E-state index in [1.165, 1.54) is 34.1 Å². The Morgan fingerprint density at radius 1 is 1.00 bits per heavy atom. The second-order valence-electron chi connectivity index (χ2n) is 7.74. The number of nitrogens with one attached hydrogen (secondary N) is 2. The molecule has 3 rings (SSSR count). The maximum absolute atomic E-state index is 13.0. The fourth-order valence-electron chi connectivity index (χ4n) is 3.66. The number of sulfonamides is 1. The molecule has 0 amide bonds. The molecule has 0 saturated carbocycles. The van der Waals surface area contributed by atoms with E-state index >= 15 is 0 Å². The zero-order valence-electron chi connectivity index (χ0n) is 16.9. The van der Waals surface area contributed by atoms with Crippen molar-refractivity contribution >= 4 is 10.0 Å². The maximum atomic E-state index is 13.0. The zero-order valence-corrected chi connectivity index (χ0v) is 17.7. The molecule has 0 bridgehead atoms. The summed E-state index contributed by atoms with van der Waals surface area (Å²) in [6.45, 7) is 0.506. The van der Waals surface area contributed by atoms with Crippen molar-refractivity contribution < 1.29 is 12.8 Å². The summed E-state index contributed by atoms with van der Waals surface area (Å²) in [6.07, 6.45) is 5.02. The third-order valence-electron chi connectivity index (χ3n) is 5.45. The van der Waals surface area contributed by atoms with Crippen molar-refractivity contribution in [3.63, 3.8) is 0 Å².